The zero-order valence-electron chi connectivity index (χ0n) is 16.4. The molecule has 3 heterocycles. The van der Waals surface area contributed by atoms with E-state index < -0.39 is 0 Å². The number of nitrogens with zero attached hydrogens (tertiary/aromatic N) is 3. The van der Waals surface area contributed by atoms with Gasteiger partial charge >= 0.3 is 0 Å². The number of piperidine rings is 1. The minimum atomic E-state index is -0.0170. The fourth-order valence-corrected chi connectivity index (χ4v) is 4.09. The number of carbonyl (C=O) groups excluding carboxylic acids is 1. The first kappa shape index (κ1) is 20.7. The Balaban J connectivity index is 0.00000225. The molecule has 7 heteroatoms. The number of hydrogen-bond donors (Lipinski definition) is 1. The van der Waals surface area contributed by atoms with Gasteiger partial charge in [-0.3, -0.25) is 4.79 Å². The first-order chi connectivity index (χ1) is 13.2. The third-order valence-electron chi connectivity index (χ3n) is 5.81. The van der Waals surface area contributed by atoms with Crippen LogP contribution in [0.4, 0.5) is 0 Å². The highest BCUT2D eigenvalue weighted by Crippen LogP contribution is 2.37. The molecule has 1 spiro atoms. The number of amides is 1. The number of benzene rings is 1. The van der Waals surface area contributed by atoms with Crippen molar-refractivity contribution in [3.05, 3.63) is 42.2 Å². The Morgan fingerprint density at radius 2 is 1.96 bits per heavy atom. The maximum absolute atomic E-state index is 13.2. The van der Waals surface area contributed by atoms with Crippen LogP contribution in [0.1, 0.15) is 43.1 Å². The number of ether oxygens (including phenoxy) is 1. The minimum absolute atomic E-state index is 0. The second-order valence-corrected chi connectivity index (χ2v) is 7.69. The zero-order valence-corrected chi connectivity index (χ0v) is 17.2. The summed E-state index contributed by atoms with van der Waals surface area (Å²) in [6.07, 6.45) is 6.07. The van der Waals surface area contributed by atoms with Gasteiger partial charge in [-0.1, -0.05) is 25.1 Å². The molecule has 1 amide bonds. The molecular formula is C21H29ClN4O2. The largest absolute Gasteiger partial charge is 0.489 e. The average molecular weight is 405 g/mol. The van der Waals surface area contributed by atoms with Crippen molar-refractivity contribution in [3.63, 3.8) is 0 Å². The topological polar surface area (TPSA) is 59.4 Å². The molecule has 152 valence electrons. The first-order valence-corrected chi connectivity index (χ1v) is 9.99. The van der Waals surface area contributed by atoms with Gasteiger partial charge in [0.1, 0.15) is 0 Å². The molecule has 0 saturated carbocycles. The average Bonchev–Trinajstić information content (AvgIpc) is 3.34. The van der Waals surface area contributed by atoms with Crippen LogP contribution in [-0.2, 0) is 0 Å². The van der Waals surface area contributed by atoms with Crippen molar-refractivity contribution < 1.29 is 9.53 Å². The number of carbonyl (C=O) groups is 1. The van der Waals surface area contributed by atoms with Gasteiger partial charge in [0.15, 0.2) is 11.4 Å². The van der Waals surface area contributed by atoms with Crippen molar-refractivity contribution in [1.29, 1.82) is 0 Å². The summed E-state index contributed by atoms with van der Waals surface area (Å²) < 4.78 is 7.59. The third-order valence-corrected chi connectivity index (χ3v) is 5.81. The van der Waals surface area contributed by atoms with Crippen LogP contribution in [-0.4, -0.2) is 53.4 Å². The van der Waals surface area contributed by atoms with E-state index in [-0.39, 0.29) is 18.3 Å². The lowest BCUT2D eigenvalue weighted by molar-refractivity contribution is 0.0597. The highest BCUT2D eigenvalue weighted by Gasteiger charge is 2.39. The van der Waals surface area contributed by atoms with E-state index in [0.717, 1.165) is 51.1 Å². The van der Waals surface area contributed by atoms with Gasteiger partial charge < -0.3 is 15.0 Å². The molecule has 2 aliphatic heterocycles. The van der Waals surface area contributed by atoms with Gasteiger partial charge in [-0.25, -0.2) is 4.68 Å². The van der Waals surface area contributed by atoms with Crippen molar-refractivity contribution in [2.45, 2.75) is 32.6 Å². The molecule has 6 nitrogen and oxygen atoms in total. The van der Waals surface area contributed by atoms with Crippen molar-refractivity contribution >= 4 is 18.3 Å². The van der Waals surface area contributed by atoms with Crippen LogP contribution >= 0.6 is 12.4 Å². The van der Waals surface area contributed by atoms with Gasteiger partial charge in [-0.15, -0.1) is 12.4 Å². The Labute approximate surface area is 172 Å². The van der Waals surface area contributed by atoms with E-state index in [1.807, 2.05) is 41.4 Å². The Morgan fingerprint density at radius 3 is 2.61 bits per heavy atom. The minimum Gasteiger partial charge on any atom is -0.489 e. The molecule has 0 radical (unpaired) electrons. The molecule has 0 unspecified atom stereocenters. The summed E-state index contributed by atoms with van der Waals surface area (Å²) in [5.41, 5.74) is 1.74. The Hall–Kier alpha value is -2.05. The molecule has 1 aromatic carbocycles. The smallest absolute Gasteiger partial charge is 0.278 e. The van der Waals surface area contributed by atoms with Crippen LogP contribution < -0.4 is 10.1 Å². The maximum Gasteiger partial charge on any atom is 0.278 e. The van der Waals surface area contributed by atoms with Crippen LogP contribution in [0.2, 0.25) is 0 Å². The number of rotatable bonds is 5. The SMILES string of the molecule is CCCOc1cn(-c2ccccc2)nc1C(=O)N1CCC2(CCNC2)CC1.Cl. The molecule has 1 N–H and O–H groups in total. The van der Waals surface area contributed by atoms with Crippen LogP contribution in [0.25, 0.3) is 5.69 Å². The predicted octanol–water partition coefficient (Wildman–Crippen LogP) is 3.30. The fourth-order valence-electron chi connectivity index (χ4n) is 4.09. The lowest BCUT2D eigenvalue weighted by Crippen LogP contribution is -2.44. The van der Waals surface area contributed by atoms with Crippen LogP contribution in [0.5, 0.6) is 5.75 Å². The Morgan fingerprint density at radius 1 is 1.21 bits per heavy atom. The lowest BCUT2D eigenvalue weighted by atomic mass is 9.78. The molecule has 2 aromatic rings. The Bertz CT molecular complexity index is 777. The molecule has 0 aliphatic carbocycles. The fraction of sp³-hybridized carbons (Fsp3) is 0.524. The molecule has 28 heavy (non-hydrogen) atoms. The number of para-hydroxylation sites is 1. The van der Waals surface area contributed by atoms with Crippen molar-refractivity contribution in [2.24, 2.45) is 5.41 Å². The van der Waals surface area contributed by atoms with E-state index in [4.69, 9.17) is 4.74 Å². The van der Waals surface area contributed by atoms with Gasteiger partial charge in [0.05, 0.1) is 18.5 Å². The maximum atomic E-state index is 13.2. The molecule has 1 aromatic heterocycles. The summed E-state index contributed by atoms with van der Waals surface area (Å²) in [5.74, 6) is 0.560. The van der Waals surface area contributed by atoms with Gasteiger partial charge in [0, 0.05) is 19.6 Å². The summed E-state index contributed by atoms with van der Waals surface area (Å²) in [5, 5.41) is 8.06. The van der Waals surface area contributed by atoms with Gasteiger partial charge in [-0.05, 0) is 49.8 Å². The van der Waals surface area contributed by atoms with E-state index in [1.54, 1.807) is 4.68 Å². The van der Waals surface area contributed by atoms with Crippen molar-refractivity contribution in [1.82, 2.24) is 20.0 Å². The Kier molecular flexibility index (Phi) is 6.62. The standard InChI is InChI=1S/C21H28N4O2.ClH/c1-2-14-27-18-15-25(17-6-4-3-5-7-17)23-19(18)20(26)24-12-9-21(10-13-24)8-11-22-16-21;/h3-7,15,22H,2,8-14,16H2,1H3;1H. The number of aromatic nitrogens is 2. The summed E-state index contributed by atoms with van der Waals surface area (Å²) >= 11 is 0. The second kappa shape index (κ2) is 8.97. The van der Waals surface area contributed by atoms with E-state index in [2.05, 4.69) is 17.3 Å². The highest BCUT2D eigenvalue weighted by atomic mass is 35.5. The summed E-state index contributed by atoms with van der Waals surface area (Å²) in [6.45, 7) is 6.42. The number of hydrogen-bond acceptors (Lipinski definition) is 4. The summed E-state index contributed by atoms with van der Waals surface area (Å²) in [4.78, 5) is 15.1. The summed E-state index contributed by atoms with van der Waals surface area (Å²) in [7, 11) is 0. The highest BCUT2D eigenvalue weighted by molar-refractivity contribution is 5.95. The van der Waals surface area contributed by atoms with E-state index >= 15 is 0 Å². The van der Waals surface area contributed by atoms with E-state index in [0.29, 0.717) is 23.5 Å². The number of nitrogens with one attached hydrogen (secondary N) is 1. The predicted molar refractivity (Wildman–Crippen MR) is 112 cm³/mol. The molecule has 2 fully saturated rings. The van der Waals surface area contributed by atoms with Gasteiger partial charge in [-0.2, -0.15) is 5.10 Å². The van der Waals surface area contributed by atoms with Crippen molar-refractivity contribution in [3.8, 4) is 11.4 Å². The number of likely N-dealkylation sites (tertiary alicyclic amines) is 1. The zero-order chi connectivity index (χ0) is 18.7. The normalized spacial score (nSPS) is 18.1. The molecule has 2 saturated heterocycles. The first-order valence-electron chi connectivity index (χ1n) is 9.99. The lowest BCUT2D eigenvalue weighted by Gasteiger charge is -2.38. The monoisotopic (exact) mass is 404 g/mol. The molecular weight excluding hydrogens is 376 g/mol. The second-order valence-electron chi connectivity index (χ2n) is 7.69. The van der Waals surface area contributed by atoms with Crippen molar-refractivity contribution in [2.75, 3.05) is 32.8 Å². The third kappa shape index (κ3) is 4.18. The quantitative estimate of drug-likeness (QED) is 0.830. The summed E-state index contributed by atoms with van der Waals surface area (Å²) in [6, 6.07) is 9.84. The molecule has 4 rings (SSSR count). The van der Waals surface area contributed by atoms with Crippen LogP contribution in [0, 0.1) is 5.41 Å². The molecule has 0 atom stereocenters. The number of halogens is 1. The molecule has 0 bridgehead atoms. The van der Waals surface area contributed by atoms with Crippen LogP contribution in [0.3, 0.4) is 0 Å². The van der Waals surface area contributed by atoms with Gasteiger partial charge in [0.2, 0.25) is 0 Å². The van der Waals surface area contributed by atoms with E-state index in [1.165, 1.54) is 6.42 Å². The molecule has 2 aliphatic rings. The van der Waals surface area contributed by atoms with E-state index in [9.17, 15) is 4.79 Å². The van der Waals surface area contributed by atoms with Gasteiger partial charge in [0.25, 0.3) is 5.91 Å². The van der Waals surface area contributed by atoms with Crippen LogP contribution in [0.15, 0.2) is 36.5 Å².